The number of pyridine rings is 1. The van der Waals surface area contributed by atoms with Crippen molar-refractivity contribution in [2.45, 2.75) is 32.4 Å². The van der Waals surface area contributed by atoms with Gasteiger partial charge in [-0.15, -0.1) is 0 Å². The summed E-state index contributed by atoms with van der Waals surface area (Å²) < 4.78 is 1.83. The smallest absolute Gasteiger partial charge is 0.317 e. The molecule has 134 valence electrons. The summed E-state index contributed by atoms with van der Waals surface area (Å²) in [5.74, 6) is 0.655. The van der Waals surface area contributed by atoms with Crippen molar-refractivity contribution >= 4 is 6.03 Å². The molecular weight excluding hydrogens is 318 g/mol. The van der Waals surface area contributed by atoms with Crippen molar-refractivity contribution in [2.75, 3.05) is 13.1 Å². The monoisotopic (exact) mass is 343 g/mol. The van der Waals surface area contributed by atoms with Crippen LogP contribution >= 0.6 is 0 Å². The first kappa shape index (κ1) is 17.4. The summed E-state index contributed by atoms with van der Waals surface area (Å²) in [5.41, 5.74) is 2.12. The summed E-state index contributed by atoms with van der Waals surface area (Å²) in [5, 5.41) is 13.6. The topological polar surface area (TPSA) is 83.3 Å². The second-order valence-electron chi connectivity index (χ2n) is 6.65. The van der Waals surface area contributed by atoms with Crippen LogP contribution < -0.4 is 5.32 Å². The molecule has 3 heterocycles. The van der Waals surface area contributed by atoms with Crippen LogP contribution in [0.15, 0.2) is 30.9 Å². The van der Waals surface area contributed by atoms with E-state index in [1.807, 2.05) is 30.8 Å². The molecule has 0 bridgehead atoms. The number of piperidine rings is 1. The highest BCUT2D eigenvalue weighted by Gasteiger charge is 2.31. The zero-order valence-corrected chi connectivity index (χ0v) is 14.7. The van der Waals surface area contributed by atoms with E-state index in [1.165, 1.54) is 0 Å². The Hall–Kier alpha value is -2.41. The number of aliphatic hydroxyl groups excluding tert-OH is 1. The minimum atomic E-state index is -0.655. The lowest BCUT2D eigenvalue weighted by Crippen LogP contribution is -2.46. The van der Waals surface area contributed by atoms with Crippen LogP contribution in [-0.2, 0) is 13.6 Å². The van der Waals surface area contributed by atoms with Crippen molar-refractivity contribution in [1.82, 2.24) is 24.8 Å². The predicted octanol–water partition coefficient (Wildman–Crippen LogP) is 1.78. The third kappa shape index (κ3) is 3.99. The first-order chi connectivity index (χ1) is 12.1. The van der Waals surface area contributed by atoms with Crippen LogP contribution in [0.4, 0.5) is 4.79 Å². The van der Waals surface area contributed by atoms with Gasteiger partial charge in [-0.3, -0.25) is 4.98 Å². The predicted molar refractivity (Wildman–Crippen MR) is 93.7 cm³/mol. The highest BCUT2D eigenvalue weighted by molar-refractivity contribution is 5.74. The maximum absolute atomic E-state index is 12.5. The molecule has 0 aromatic carbocycles. The fourth-order valence-electron chi connectivity index (χ4n) is 3.31. The summed E-state index contributed by atoms with van der Waals surface area (Å²) in [7, 11) is 1.87. The number of imidazole rings is 1. The van der Waals surface area contributed by atoms with E-state index < -0.39 is 6.10 Å². The lowest BCUT2D eigenvalue weighted by molar-refractivity contribution is 0.0532. The van der Waals surface area contributed by atoms with Gasteiger partial charge in [-0.05, 0) is 37.0 Å². The molecule has 1 aliphatic rings. The van der Waals surface area contributed by atoms with Gasteiger partial charge in [0.05, 0.1) is 0 Å². The molecule has 0 unspecified atom stereocenters. The number of aliphatic hydroxyl groups is 1. The number of carbonyl (C=O) groups excluding carboxylic acids is 1. The Morgan fingerprint density at radius 2 is 2.32 bits per heavy atom. The van der Waals surface area contributed by atoms with E-state index in [-0.39, 0.29) is 11.9 Å². The average Bonchev–Trinajstić information content (AvgIpc) is 3.06. The van der Waals surface area contributed by atoms with Crippen LogP contribution in [0.2, 0.25) is 0 Å². The largest absolute Gasteiger partial charge is 0.385 e. The molecule has 2 atom stereocenters. The number of amides is 2. The van der Waals surface area contributed by atoms with Gasteiger partial charge < -0.3 is 19.9 Å². The van der Waals surface area contributed by atoms with E-state index in [0.29, 0.717) is 25.5 Å². The molecular formula is C18H25N5O2. The number of nitrogens with zero attached hydrogens (tertiary/aromatic N) is 4. The van der Waals surface area contributed by atoms with Crippen molar-refractivity contribution in [3.63, 3.8) is 0 Å². The van der Waals surface area contributed by atoms with Gasteiger partial charge in [-0.1, -0.05) is 0 Å². The highest BCUT2D eigenvalue weighted by Crippen LogP contribution is 2.28. The fourth-order valence-corrected chi connectivity index (χ4v) is 3.31. The van der Waals surface area contributed by atoms with Gasteiger partial charge in [0.15, 0.2) is 0 Å². The molecule has 1 aliphatic heterocycles. The first-order valence-corrected chi connectivity index (χ1v) is 8.64. The Kier molecular flexibility index (Phi) is 5.33. The summed E-state index contributed by atoms with van der Waals surface area (Å²) in [6.45, 7) is 3.71. The third-order valence-corrected chi connectivity index (χ3v) is 4.88. The maximum Gasteiger partial charge on any atom is 0.317 e. The van der Waals surface area contributed by atoms with Crippen LogP contribution in [0.5, 0.6) is 0 Å². The molecule has 2 aromatic rings. The standard InChI is InChI=1S/C18H25N5O2/c1-13-10-19-6-5-14(13)11-21-18(25)23-8-3-4-15(12-23)16(24)17-20-7-9-22(17)2/h5-7,9-10,15-16,24H,3-4,8,11-12H2,1-2H3,(H,21,25)/t15-,16+/m0/s1. The number of carbonyl (C=O) groups is 1. The van der Waals surface area contributed by atoms with E-state index in [2.05, 4.69) is 15.3 Å². The minimum absolute atomic E-state index is 0.00302. The van der Waals surface area contributed by atoms with Crippen molar-refractivity contribution < 1.29 is 9.90 Å². The van der Waals surface area contributed by atoms with Crippen LogP contribution in [0.25, 0.3) is 0 Å². The SMILES string of the molecule is Cc1cnccc1CNC(=O)N1CCC[C@H]([C@@H](O)c2nccn2C)C1. The van der Waals surface area contributed by atoms with Crippen molar-refractivity contribution in [3.8, 4) is 0 Å². The van der Waals surface area contributed by atoms with E-state index in [9.17, 15) is 9.90 Å². The molecule has 0 radical (unpaired) electrons. The van der Waals surface area contributed by atoms with Crippen molar-refractivity contribution in [1.29, 1.82) is 0 Å². The van der Waals surface area contributed by atoms with Gasteiger partial charge in [0.2, 0.25) is 0 Å². The molecule has 3 rings (SSSR count). The maximum atomic E-state index is 12.5. The van der Waals surface area contributed by atoms with Crippen LogP contribution in [0.1, 0.15) is 35.9 Å². The first-order valence-electron chi connectivity index (χ1n) is 8.64. The van der Waals surface area contributed by atoms with E-state index >= 15 is 0 Å². The molecule has 7 heteroatoms. The van der Waals surface area contributed by atoms with E-state index in [1.54, 1.807) is 23.5 Å². The Balaban J connectivity index is 1.58. The molecule has 0 spiro atoms. The number of aryl methyl sites for hydroxylation is 2. The number of nitrogens with one attached hydrogen (secondary N) is 1. The number of likely N-dealkylation sites (tertiary alicyclic amines) is 1. The molecule has 0 aliphatic carbocycles. The van der Waals surface area contributed by atoms with Gasteiger partial charge in [0.1, 0.15) is 11.9 Å². The number of rotatable bonds is 4. The number of urea groups is 1. The Morgan fingerprint density at radius 3 is 3.04 bits per heavy atom. The Bertz CT molecular complexity index is 730. The van der Waals surface area contributed by atoms with Crippen LogP contribution in [0, 0.1) is 12.8 Å². The quantitative estimate of drug-likeness (QED) is 0.886. The van der Waals surface area contributed by atoms with Gasteiger partial charge in [-0.25, -0.2) is 9.78 Å². The number of aromatic nitrogens is 3. The van der Waals surface area contributed by atoms with Crippen molar-refractivity contribution in [2.24, 2.45) is 13.0 Å². The fraction of sp³-hybridized carbons (Fsp3) is 0.500. The molecule has 25 heavy (non-hydrogen) atoms. The van der Waals surface area contributed by atoms with E-state index in [0.717, 1.165) is 24.0 Å². The highest BCUT2D eigenvalue weighted by atomic mass is 16.3. The molecule has 0 saturated carbocycles. The zero-order valence-electron chi connectivity index (χ0n) is 14.7. The Morgan fingerprint density at radius 1 is 1.48 bits per heavy atom. The third-order valence-electron chi connectivity index (χ3n) is 4.88. The van der Waals surface area contributed by atoms with E-state index in [4.69, 9.17) is 0 Å². The molecule has 1 saturated heterocycles. The van der Waals surface area contributed by atoms with Crippen LogP contribution in [0.3, 0.4) is 0 Å². The van der Waals surface area contributed by atoms with Gasteiger partial charge in [0, 0.05) is 57.4 Å². The zero-order chi connectivity index (χ0) is 17.8. The minimum Gasteiger partial charge on any atom is -0.385 e. The molecule has 7 nitrogen and oxygen atoms in total. The second-order valence-corrected chi connectivity index (χ2v) is 6.65. The number of hydrogen-bond donors (Lipinski definition) is 2. The van der Waals surface area contributed by atoms with Crippen LogP contribution in [-0.4, -0.2) is 43.7 Å². The molecule has 2 N–H and O–H groups in total. The summed E-state index contributed by atoms with van der Waals surface area (Å²) >= 11 is 0. The van der Waals surface area contributed by atoms with Gasteiger partial charge in [0.25, 0.3) is 0 Å². The summed E-state index contributed by atoms with van der Waals surface area (Å²) in [4.78, 5) is 22.6. The molecule has 2 aromatic heterocycles. The van der Waals surface area contributed by atoms with Gasteiger partial charge in [-0.2, -0.15) is 0 Å². The lowest BCUT2D eigenvalue weighted by Gasteiger charge is -2.34. The number of hydrogen-bond acceptors (Lipinski definition) is 4. The van der Waals surface area contributed by atoms with Gasteiger partial charge >= 0.3 is 6.03 Å². The lowest BCUT2D eigenvalue weighted by atomic mass is 9.92. The molecule has 1 fully saturated rings. The normalized spacial score (nSPS) is 18.8. The average molecular weight is 343 g/mol. The molecule has 2 amide bonds. The Labute approximate surface area is 147 Å². The second kappa shape index (κ2) is 7.65. The summed E-state index contributed by atoms with van der Waals surface area (Å²) in [6.07, 6.45) is 8.15. The summed E-state index contributed by atoms with van der Waals surface area (Å²) in [6, 6.07) is 1.83. The van der Waals surface area contributed by atoms with Crippen molar-refractivity contribution in [3.05, 3.63) is 47.8 Å².